The van der Waals surface area contributed by atoms with Gasteiger partial charge in [0.25, 0.3) is 0 Å². The molecular formula is C33H35O4P. The highest BCUT2D eigenvalue weighted by atomic mass is 31.2. The highest BCUT2D eigenvalue weighted by molar-refractivity contribution is 7.58. The zero-order valence-electron chi connectivity index (χ0n) is 22.2. The Labute approximate surface area is 225 Å². The minimum Gasteiger partial charge on any atom is -0.344 e. The van der Waals surface area contributed by atoms with Gasteiger partial charge in [0, 0.05) is 11.5 Å². The van der Waals surface area contributed by atoms with E-state index >= 15 is 0 Å². The number of hydrogen-bond donors (Lipinski definition) is 0. The smallest absolute Gasteiger partial charge is 0.344 e. The van der Waals surface area contributed by atoms with Gasteiger partial charge in [-0.25, -0.2) is 0 Å². The van der Waals surface area contributed by atoms with Crippen LogP contribution in [-0.2, 0) is 29.6 Å². The van der Waals surface area contributed by atoms with Gasteiger partial charge in [-0.15, -0.1) is 0 Å². The second-order valence-electron chi connectivity index (χ2n) is 10.3. The molecule has 0 amide bonds. The second-order valence-corrected chi connectivity index (χ2v) is 12.2. The molecule has 6 rings (SSSR count). The summed E-state index contributed by atoms with van der Waals surface area (Å²) in [5, 5.41) is 0.641. The lowest BCUT2D eigenvalue weighted by atomic mass is 9.65. The average Bonchev–Trinajstić information content (AvgIpc) is 3.22. The van der Waals surface area contributed by atoms with Crippen molar-refractivity contribution in [3.8, 4) is 0 Å². The maximum Gasteiger partial charge on any atom is 0.361 e. The number of benzene rings is 3. The summed E-state index contributed by atoms with van der Waals surface area (Å²) in [6.45, 7) is 9.01. The third kappa shape index (κ3) is 3.51. The predicted molar refractivity (Wildman–Crippen MR) is 151 cm³/mol. The van der Waals surface area contributed by atoms with Crippen LogP contribution in [0, 0.1) is 5.92 Å². The van der Waals surface area contributed by atoms with Gasteiger partial charge in [-0.3, -0.25) is 4.57 Å². The molecule has 4 nitrogen and oxygen atoms in total. The van der Waals surface area contributed by atoms with Crippen molar-refractivity contribution in [2.24, 2.45) is 5.92 Å². The molecule has 2 bridgehead atoms. The first-order valence-electron chi connectivity index (χ1n) is 13.8. The van der Waals surface area contributed by atoms with Gasteiger partial charge in [-0.2, -0.15) is 0 Å². The fourth-order valence-corrected chi connectivity index (χ4v) is 9.18. The molecule has 3 atom stereocenters. The lowest BCUT2D eigenvalue weighted by Crippen LogP contribution is -2.40. The van der Waals surface area contributed by atoms with Crippen LogP contribution in [0.4, 0.5) is 0 Å². The van der Waals surface area contributed by atoms with E-state index in [4.69, 9.17) is 20.4 Å². The van der Waals surface area contributed by atoms with E-state index in [1.54, 1.807) is 0 Å². The average molecular weight is 527 g/mol. The molecule has 0 spiro atoms. The topological polar surface area (TPSA) is 44.8 Å². The van der Waals surface area contributed by atoms with Crippen molar-refractivity contribution in [3.63, 3.8) is 0 Å². The molecule has 0 saturated heterocycles. The first-order valence-corrected chi connectivity index (χ1v) is 15.3. The summed E-state index contributed by atoms with van der Waals surface area (Å²) in [5.74, 6) is -0.0334. The Balaban J connectivity index is 1.78. The molecule has 1 fully saturated rings. The van der Waals surface area contributed by atoms with Gasteiger partial charge < -0.3 is 13.8 Å². The predicted octanol–water partition coefficient (Wildman–Crippen LogP) is 8.48. The van der Waals surface area contributed by atoms with E-state index in [9.17, 15) is 4.57 Å². The molecule has 2 aliphatic heterocycles. The largest absolute Gasteiger partial charge is 0.361 e. The Kier molecular flexibility index (Phi) is 6.56. The molecule has 1 saturated carbocycles. The molecule has 0 aromatic heterocycles. The summed E-state index contributed by atoms with van der Waals surface area (Å²) in [4.78, 5) is 0. The van der Waals surface area contributed by atoms with Crippen molar-refractivity contribution >= 4 is 7.60 Å². The number of ether oxygens (including phenoxy) is 1. The summed E-state index contributed by atoms with van der Waals surface area (Å²) in [6.07, 6.45) is 3.82. The third-order valence-corrected chi connectivity index (χ3v) is 10.7. The van der Waals surface area contributed by atoms with Gasteiger partial charge >= 0.3 is 7.60 Å². The monoisotopic (exact) mass is 526 g/mol. The fraction of sp³-hybridized carbons (Fsp3) is 0.333. The second kappa shape index (κ2) is 9.77. The lowest BCUT2D eigenvalue weighted by Gasteiger charge is -2.42. The first kappa shape index (κ1) is 25.5. The summed E-state index contributed by atoms with van der Waals surface area (Å²) < 4.78 is 34.5. The maximum absolute atomic E-state index is 14.8. The number of hydrogen-bond acceptors (Lipinski definition) is 4. The van der Waals surface area contributed by atoms with Gasteiger partial charge in [-0.05, 0) is 60.9 Å². The van der Waals surface area contributed by atoms with Crippen molar-refractivity contribution in [1.82, 2.24) is 0 Å². The summed E-state index contributed by atoms with van der Waals surface area (Å²) in [6, 6.07) is 29.3. The van der Waals surface area contributed by atoms with Gasteiger partial charge in [0.2, 0.25) is 0 Å². The van der Waals surface area contributed by atoms with Gasteiger partial charge in [-0.1, -0.05) is 97.9 Å². The molecule has 3 aliphatic rings. The molecule has 3 aromatic carbocycles. The highest BCUT2D eigenvalue weighted by Crippen LogP contribution is 2.72. The van der Waals surface area contributed by atoms with Crippen molar-refractivity contribution in [2.75, 3.05) is 13.2 Å². The van der Waals surface area contributed by atoms with E-state index in [0.29, 0.717) is 10.9 Å². The minimum atomic E-state index is -3.69. The van der Waals surface area contributed by atoms with E-state index in [-0.39, 0.29) is 19.1 Å². The SMILES string of the molecule is C=C1C(P(=O)(OCC)OCC)=C2CCCCC2C2(c3ccccc3)OC1(c1ccccc1)c1ccccc12. The number of fused-ring (bicyclic) bond motifs is 7. The fourth-order valence-electron chi connectivity index (χ4n) is 7.06. The Morgan fingerprint density at radius 3 is 2.05 bits per heavy atom. The molecule has 196 valence electrons. The van der Waals surface area contributed by atoms with Crippen molar-refractivity contribution < 1.29 is 18.3 Å². The molecule has 1 aliphatic carbocycles. The normalized spacial score (nSPS) is 26.6. The van der Waals surface area contributed by atoms with Crippen LogP contribution in [0.1, 0.15) is 61.8 Å². The lowest BCUT2D eigenvalue weighted by molar-refractivity contribution is -0.103. The molecule has 0 N–H and O–H groups in total. The van der Waals surface area contributed by atoms with Crippen LogP contribution in [0.5, 0.6) is 0 Å². The van der Waals surface area contributed by atoms with Crippen LogP contribution in [0.2, 0.25) is 0 Å². The molecule has 5 heteroatoms. The highest BCUT2D eigenvalue weighted by Gasteiger charge is 2.64. The molecule has 3 aromatic rings. The van der Waals surface area contributed by atoms with Crippen molar-refractivity contribution in [2.45, 2.75) is 50.7 Å². The summed E-state index contributed by atoms with van der Waals surface area (Å²) in [5.41, 5.74) is 4.23. The minimum absolute atomic E-state index is 0.0334. The van der Waals surface area contributed by atoms with E-state index in [1.165, 1.54) is 0 Å². The third-order valence-electron chi connectivity index (χ3n) is 8.39. The molecular weight excluding hydrogens is 491 g/mol. The van der Waals surface area contributed by atoms with Gasteiger partial charge in [0.1, 0.15) is 11.2 Å². The van der Waals surface area contributed by atoms with E-state index < -0.39 is 18.8 Å². The molecule has 2 heterocycles. The number of rotatable bonds is 7. The zero-order chi connectivity index (χ0) is 26.4. The van der Waals surface area contributed by atoms with Crippen LogP contribution in [0.15, 0.2) is 108 Å². The maximum atomic E-state index is 14.8. The Hall–Kier alpha value is -2.75. The molecule has 0 radical (unpaired) electrons. The Bertz CT molecular complexity index is 1420. The standard InChI is InChI=1S/C33H35O4P/c1-4-35-38(34,36-5-2)31-24(3)32(25-16-8-6-9-17-25)29-22-14-15-23-30(29)33(37-32,26-18-10-7-11-19-26)28-21-13-12-20-27(28)31/h6-11,14-19,22-23,28H,3-5,12-13,20-21H2,1-2H3. The van der Waals surface area contributed by atoms with Crippen LogP contribution in [0.25, 0.3) is 0 Å². The van der Waals surface area contributed by atoms with Crippen LogP contribution in [-0.4, -0.2) is 13.2 Å². The van der Waals surface area contributed by atoms with Crippen LogP contribution < -0.4 is 0 Å². The molecule has 38 heavy (non-hydrogen) atoms. The van der Waals surface area contributed by atoms with Crippen molar-refractivity contribution in [1.29, 1.82) is 0 Å². The Morgan fingerprint density at radius 2 is 1.42 bits per heavy atom. The van der Waals surface area contributed by atoms with Crippen molar-refractivity contribution in [3.05, 3.63) is 130 Å². The summed E-state index contributed by atoms with van der Waals surface area (Å²) in [7, 11) is -3.69. The molecule has 3 unspecified atom stereocenters. The summed E-state index contributed by atoms with van der Waals surface area (Å²) >= 11 is 0. The first-order chi connectivity index (χ1) is 18.5. The quantitative estimate of drug-likeness (QED) is 0.290. The van der Waals surface area contributed by atoms with Gasteiger partial charge in [0.15, 0.2) is 0 Å². The van der Waals surface area contributed by atoms with E-state index in [1.807, 2.05) is 38.1 Å². The van der Waals surface area contributed by atoms with Crippen LogP contribution in [0.3, 0.4) is 0 Å². The van der Waals surface area contributed by atoms with Crippen LogP contribution >= 0.6 is 7.60 Å². The van der Waals surface area contributed by atoms with E-state index in [0.717, 1.165) is 53.5 Å². The zero-order valence-corrected chi connectivity index (χ0v) is 23.1. The van der Waals surface area contributed by atoms with Gasteiger partial charge in [0.05, 0.1) is 18.5 Å². The van der Waals surface area contributed by atoms with E-state index in [2.05, 4.69) is 60.7 Å². The Morgan fingerprint density at radius 1 is 0.842 bits per heavy atom.